The number of ether oxygens (including phenoxy) is 1. The first kappa shape index (κ1) is 15.0. The number of rotatable bonds is 5. The first-order valence-corrected chi connectivity index (χ1v) is 8.05. The quantitative estimate of drug-likeness (QED) is 0.665. The van der Waals surface area contributed by atoms with E-state index in [0.717, 1.165) is 28.6 Å². The molecule has 1 aromatic carbocycles. The fraction of sp³-hybridized carbons (Fsp3) is 0.353. The summed E-state index contributed by atoms with van der Waals surface area (Å²) in [7, 11) is 0. The van der Waals surface area contributed by atoms with Crippen molar-refractivity contribution in [2.75, 3.05) is 0 Å². The average Bonchev–Trinajstić information content (AvgIpc) is 2.49. The Hall–Kier alpha value is -1.35. The van der Waals surface area contributed by atoms with Gasteiger partial charge in [-0.05, 0) is 48.6 Å². The molecule has 2 nitrogen and oxygen atoms in total. The van der Waals surface area contributed by atoms with Crippen molar-refractivity contribution < 1.29 is 4.74 Å². The van der Waals surface area contributed by atoms with Gasteiger partial charge in [0, 0.05) is 17.1 Å². The van der Waals surface area contributed by atoms with Gasteiger partial charge >= 0.3 is 0 Å². The van der Waals surface area contributed by atoms with E-state index in [1.807, 2.05) is 25.3 Å². The highest BCUT2D eigenvalue weighted by molar-refractivity contribution is 9.08. The normalized spacial score (nSPS) is 12.2. The van der Waals surface area contributed by atoms with Gasteiger partial charge in [0.2, 0.25) is 5.88 Å². The molecule has 20 heavy (non-hydrogen) atoms. The van der Waals surface area contributed by atoms with Gasteiger partial charge in [0.15, 0.2) is 0 Å². The van der Waals surface area contributed by atoms with Gasteiger partial charge in [-0.2, -0.15) is 0 Å². The highest BCUT2D eigenvalue weighted by Gasteiger charge is 2.06. The molecule has 0 amide bonds. The zero-order chi connectivity index (χ0) is 14.5. The van der Waals surface area contributed by atoms with Gasteiger partial charge in [-0.1, -0.05) is 41.9 Å². The minimum atomic E-state index is 0.585. The molecule has 2 aromatic rings. The number of alkyl halides is 1. The summed E-state index contributed by atoms with van der Waals surface area (Å²) < 4.78 is 5.85. The molecule has 0 saturated carbocycles. The third kappa shape index (κ3) is 3.60. The Morgan fingerprint density at radius 1 is 1.25 bits per heavy atom. The third-order valence-corrected chi connectivity index (χ3v) is 4.16. The summed E-state index contributed by atoms with van der Waals surface area (Å²) >= 11 is 3.43. The molecule has 3 heteroatoms. The Bertz CT molecular complexity index is 566. The second-order valence-electron chi connectivity index (χ2n) is 5.08. The Morgan fingerprint density at radius 2 is 1.95 bits per heavy atom. The largest absolute Gasteiger partial charge is 0.439 e. The van der Waals surface area contributed by atoms with Gasteiger partial charge in [-0.25, -0.2) is 4.98 Å². The number of aryl methyl sites for hydroxylation is 1. The van der Waals surface area contributed by atoms with E-state index >= 15 is 0 Å². The monoisotopic (exact) mass is 333 g/mol. The fourth-order valence-corrected chi connectivity index (χ4v) is 2.32. The summed E-state index contributed by atoms with van der Waals surface area (Å²) in [6, 6.07) is 10.4. The van der Waals surface area contributed by atoms with E-state index in [1.54, 1.807) is 0 Å². The molecule has 1 atom stereocenters. The van der Waals surface area contributed by atoms with Crippen LogP contribution in [-0.4, -0.2) is 4.98 Å². The van der Waals surface area contributed by atoms with Crippen LogP contribution in [0.1, 0.15) is 42.9 Å². The molecule has 0 N–H and O–H groups in total. The van der Waals surface area contributed by atoms with Crippen LogP contribution >= 0.6 is 15.9 Å². The maximum absolute atomic E-state index is 5.85. The van der Waals surface area contributed by atoms with Crippen LogP contribution < -0.4 is 4.74 Å². The number of hydrogen-bond donors (Lipinski definition) is 0. The van der Waals surface area contributed by atoms with Gasteiger partial charge < -0.3 is 4.74 Å². The highest BCUT2D eigenvalue weighted by Crippen LogP contribution is 2.26. The molecule has 0 aliphatic rings. The van der Waals surface area contributed by atoms with E-state index in [9.17, 15) is 0 Å². The van der Waals surface area contributed by atoms with Crippen LogP contribution in [0.5, 0.6) is 11.6 Å². The maximum atomic E-state index is 5.85. The summed E-state index contributed by atoms with van der Waals surface area (Å²) in [5, 5.41) is 0.810. The minimum absolute atomic E-state index is 0.585. The van der Waals surface area contributed by atoms with Crippen LogP contribution in [0.2, 0.25) is 0 Å². The molecule has 1 unspecified atom stereocenters. The lowest BCUT2D eigenvalue weighted by molar-refractivity contribution is 0.458. The predicted molar refractivity (Wildman–Crippen MR) is 86.8 cm³/mol. The van der Waals surface area contributed by atoms with Crippen molar-refractivity contribution >= 4 is 15.9 Å². The topological polar surface area (TPSA) is 22.1 Å². The SMILES string of the molecule is CCC(C)c1ccc(Oc2ncc(CBr)cc2C)cc1. The minimum Gasteiger partial charge on any atom is -0.439 e. The van der Waals surface area contributed by atoms with Crippen LogP contribution in [0.25, 0.3) is 0 Å². The van der Waals surface area contributed by atoms with Crippen molar-refractivity contribution in [1.82, 2.24) is 4.98 Å². The second-order valence-corrected chi connectivity index (χ2v) is 5.64. The molecule has 0 saturated heterocycles. The standard InChI is InChI=1S/C17H20BrNO/c1-4-12(2)15-5-7-16(8-6-15)20-17-13(3)9-14(10-18)11-19-17/h5-9,11-12H,4,10H2,1-3H3. The summed E-state index contributed by atoms with van der Waals surface area (Å²) in [6.07, 6.45) is 2.99. The molecule has 0 fully saturated rings. The third-order valence-electron chi connectivity index (χ3n) is 3.52. The van der Waals surface area contributed by atoms with Crippen molar-refractivity contribution in [1.29, 1.82) is 0 Å². The first-order valence-electron chi connectivity index (χ1n) is 6.93. The molecule has 1 heterocycles. The molecule has 0 bridgehead atoms. The molecular weight excluding hydrogens is 314 g/mol. The number of pyridine rings is 1. The molecule has 0 aliphatic carbocycles. The maximum Gasteiger partial charge on any atom is 0.222 e. The summed E-state index contributed by atoms with van der Waals surface area (Å²) in [4.78, 5) is 4.37. The number of benzene rings is 1. The zero-order valence-electron chi connectivity index (χ0n) is 12.2. The summed E-state index contributed by atoms with van der Waals surface area (Å²) in [5.41, 5.74) is 3.55. The number of aromatic nitrogens is 1. The van der Waals surface area contributed by atoms with Gasteiger partial charge in [0.25, 0.3) is 0 Å². The van der Waals surface area contributed by atoms with E-state index in [1.165, 1.54) is 5.56 Å². The van der Waals surface area contributed by atoms with Crippen LogP contribution in [0, 0.1) is 6.92 Å². The molecular formula is C17H20BrNO. The van der Waals surface area contributed by atoms with E-state index in [4.69, 9.17) is 4.74 Å². The molecule has 0 radical (unpaired) electrons. The average molecular weight is 334 g/mol. The van der Waals surface area contributed by atoms with E-state index in [2.05, 4.69) is 53.0 Å². The lowest BCUT2D eigenvalue weighted by Crippen LogP contribution is -1.94. The number of hydrogen-bond acceptors (Lipinski definition) is 2. The van der Waals surface area contributed by atoms with Crippen LogP contribution in [0.15, 0.2) is 36.5 Å². The van der Waals surface area contributed by atoms with Crippen LogP contribution in [-0.2, 0) is 5.33 Å². The van der Waals surface area contributed by atoms with Crippen molar-refractivity contribution in [3.63, 3.8) is 0 Å². The molecule has 1 aromatic heterocycles. The van der Waals surface area contributed by atoms with E-state index < -0.39 is 0 Å². The molecule has 0 aliphatic heterocycles. The Kier molecular flexibility index (Phi) is 5.18. The van der Waals surface area contributed by atoms with Gasteiger partial charge in [-0.3, -0.25) is 0 Å². The van der Waals surface area contributed by atoms with Gasteiger partial charge in [0.05, 0.1) is 0 Å². The van der Waals surface area contributed by atoms with Crippen molar-refractivity contribution in [3.05, 3.63) is 53.2 Å². The van der Waals surface area contributed by atoms with Gasteiger partial charge in [0.1, 0.15) is 5.75 Å². The number of nitrogens with zero attached hydrogens (tertiary/aromatic N) is 1. The first-order chi connectivity index (χ1) is 9.63. The lowest BCUT2D eigenvalue weighted by atomic mass is 9.99. The molecule has 0 spiro atoms. The zero-order valence-corrected chi connectivity index (χ0v) is 13.8. The Morgan fingerprint density at radius 3 is 2.50 bits per heavy atom. The second kappa shape index (κ2) is 6.89. The predicted octanol–water partition coefficient (Wildman–Crippen LogP) is 5.59. The molecule has 2 rings (SSSR count). The van der Waals surface area contributed by atoms with Crippen LogP contribution in [0.4, 0.5) is 0 Å². The van der Waals surface area contributed by atoms with E-state index in [0.29, 0.717) is 11.8 Å². The highest BCUT2D eigenvalue weighted by atomic mass is 79.9. The Balaban J connectivity index is 2.14. The van der Waals surface area contributed by atoms with Gasteiger partial charge in [-0.15, -0.1) is 0 Å². The summed E-state index contributed by atoms with van der Waals surface area (Å²) in [6.45, 7) is 6.45. The lowest BCUT2D eigenvalue weighted by Gasteiger charge is -2.11. The molecule has 106 valence electrons. The summed E-state index contributed by atoms with van der Waals surface area (Å²) in [5.74, 6) is 2.09. The van der Waals surface area contributed by atoms with E-state index in [-0.39, 0.29) is 0 Å². The van der Waals surface area contributed by atoms with Crippen molar-refractivity contribution in [2.45, 2.75) is 38.4 Å². The van der Waals surface area contributed by atoms with Crippen molar-refractivity contribution in [3.8, 4) is 11.6 Å². The Labute approximate surface area is 129 Å². The van der Waals surface area contributed by atoms with Crippen molar-refractivity contribution in [2.24, 2.45) is 0 Å². The number of halogens is 1. The van der Waals surface area contributed by atoms with Crippen LogP contribution in [0.3, 0.4) is 0 Å². The smallest absolute Gasteiger partial charge is 0.222 e. The fourth-order valence-electron chi connectivity index (χ4n) is 2.01.